The lowest BCUT2D eigenvalue weighted by molar-refractivity contribution is 0.431. The summed E-state index contributed by atoms with van der Waals surface area (Å²) in [5.74, 6) is 0.544. The molecule has 0 saturated heterocycles. The molecule has 2 rings (SSSR count). The highest BCUT2D eigenvalue weighted by Crippen LogP contribution is 2.29. The van der Waals surface area contributed by atoms with Gasteiger partial charge in [0.1, 0.15) is 5.75 Å². The molecule has 2 aromatic carbocycles. The van der Waals surface area contributed by atoms with Crippen molar-refractivity contribution in [1.29, 1.82) is 0 Å². The van der Waals surface area contributed by atoms with Gasteiger partial charge in [0.25, 0.3) is 0 Å². The predicted molar refractivity (Wildman–Crippen MR) is 82.6 cm³/mol. The van der Waals surface area contributed by atoms with Crippen molar-refractivity contribution in [2.45, 2.75) is 26.4 Å². The Balaban J connectivity index is 2.23. The Morgan fingerprint density at radius 1 is 1.15 bits per heavy atom. The maximum absolute atomic E-state index is 14.0. The van der Waals surface area contributed by atoms with E-state index in [0.29, 0.717) is 18.3 Å². The largest absolute Gasteiger partial charge is 0.454 e. The van der Waals surface area contributed by atoms with Crippen LogP contribution in [0, 0.1) is 5.82 Å². The van der Waals surface area contributed by atoms with Gasteiger partial charge in [0, 0.05) is 22.6 Å². The number of para-hydroxylation sites is 1. The van der Waals surface area contributed by atoms with Crippen molar-refractivity contribution in [3.05, 3.63) is 58.3 Å². The zero-order valence-corrected chi connectivity index (χ0v) is 13.1. The van der Waals surface area contributed by atoms with Crippen LogP contribution in [0.15, 0.2) is 46.9 Å². The molecule has 20 heavy (non-hydrogen) atoms. The van der Waals surface area contributed by atoms with Crippen molar-refractivity contribution >= 4 is 15.9 Å². The first-order chi connectivity index (χ1) is 9.56. The molecule has 0 aliphatic rings. The molecule has 0 aliphatic heterocycles. The fourth-order valence-corrected chi connectivity index (χ4v) is 2.01. The molecule has 0 radical (unpaired) electrons. The first-order valence-corrected chi connectivity index (χ1v) is 7.30. The molecular weight excluding hydrogens is 321 g/mol. The van der Waals surface area contributed by atoms with E-state index in [-0.39, 0.29) is 11.6 Å². The summed E-state index contributed by atoms with van der Waals surface area (Å²) in [4.78, 5) is 0. The van der Waals surface area contributed by atoms with E-state index in [9.17, 15) is 4.39 Å². The highest BCUT2D eigenvalue weighted by molar-refractivity contribution is 9.10. The van der Waals surface area contributed by atoms with Crippen LogP contribution in [-0.2, 0) is 6.54 Å². The molecular formula is C16H17BrFNO. The van der Waals surface area contributed by atoms with Gasteiger partial charge in [0.05, 0.1) is 0 Å². The van der Waals surface area contributed by atoms with Crippen molar-refractivity contribution in [1.82, 2.24) is 5.32 Å². The summed E-state index contributed by atoms with van der Waals surface area (Å²) in [5.41, 5.74) is 0.807. The highest BCUT2D eigenvalue weighted by atomic mass is 79.9. The van der Waals surface area contributed by atoms with Crippen LogP contribution in [0.4, 0.5) is 4.39 Å². The zero-order chi connectivity index (χ0) is 14.5. The number of hydrogen-bond donors (Lipinski definition) is 1. The molecule has 0 fully saturated rings. The molecule has 0 bridgehead atoms. The summed E-state index contributed by atoms with van der Waals surface area (Å²) in [5, 5.41) is 3.27. The zero-order valence-electron chi connectivity index (χ0n) is 11.5. The third-order valence-corrected chi connectivity index (χ3v) is 3.31. The second kappa shape index (κ2) is 6.86. The van der Waals surface area contributed by atoms with Gasteiger partial charge in [0.2, 0.25) is 0 Å². The Bertz CT molecular complexity index is 569. The van der Waals surface area contributed by atoms with E-state index in [1.165, 1.54) is 6.07 Å². The molecule has 0 spiro atoms. The van der Waals surface area contributed by atoms with Crippen LogP contribution in [0.5, 0.6) is 11.5 Å². The number of halogens is 2. The van der Waals surface area contributed by atoms with Gasteiger partial charge in [-0.1, -0.05) is 41.9 Å². The van der Waals surface area contributed by atoms with Gasteiger partial charge < -0.3 is 10.1 Å². The molecule has 4 heteroatoms. The Kier molecular flexibility index (Phi) is 5.15. The fourth-order valence-electron chi connectivity index (χ4n) is 1.74. The molecule has 0 aliphatic carbocycles. The maximum atomic E-state index is 14.0. The van der Waals surface area contributed by atoms with Crippen molar-refractivity contribution < 1.29 is 9.13 Å². The molecule has 0 unspecified atom stereocenters. The maximum Gasteiger partial charge on any atom is 0.167 e. The molecule has 106 valence electrons. The summed E-state index contributed by atoms with van der Waals surface area (Å²) in [6.45, 7) is 4.67. The van der Waals surface area contributed by atoms with E-state index in [4.69, 9.17) is 4.74 Å². The van der Waals surface area contributed by atoms with Crippen molar-refractivity contribution in [3.63, 3.8) is 0 Å². The predicted octanol–water partition coefficient (Wildman–Crippen LogP) is 4.88. The lowest BCUT2D eigenvalue weighted by atomic mass is 10.2. The van der Waals surface area contributed by atoms with Crippen LogP contribution in [0.25, 0.3) is 0 Å². The summed E-state index contributed by atoms with van der Waals surface area (Å²) in [7, 11) is 0. The first-order valence-electron chi connectivity index (χ1n) is 6.50. The van der Waals surface area contributed by atoms with Crippen LogP contribution in [0.1, 0.15) is 19.4 Å². The van der Waals surface area contributed by atoms with E-state index in [1.54, 1.807) is 18.2 Å². The third-order valence-electron chi connectivity index (χ3n) is 2.78. The molecule has 0 heterocycles. The van der Waals surface area contributed by atoms with Crippen LogP contribution < -0.4 is 10.1 Å². The standard InChI is InChI=1S/C16H17BrFNO/c1-11(2)19-10-12-4-3-5-15(18)16(12)20-14-8-6-13(17)7-9-14/h3-9,11,19H,10H2,1-2H3. The minimum atomic E-state index is -0.351. The molecule has 0 amide bonds. The van der Waals surface area contributed by atoms with Gasteiger partial charge in [0.15, 0.2) is 11.6 Å². The highest BCUT2D eigenvalue weighted by Gasteiger charge is 2.11. The van der Waals surface area contributed by atoms with E-state index < -0.39 is 0 Å². The van der Waals surface area contributed by atoms with E-state index in [1.807, 2.05) is 18.2 Å². The molecule has 1 N–H and O–H groups in total. The smallest absolute Gasteiger partial charge is 0.167 e. The number of benzene rings is 2. The molecule has 0 atom stereocenters. The summed E-state index contributed by atoms with van der Waals surface area (Å²) in [6, 6.07) is 12.6. The number of hydrogen-bond acceptors (Lipinski definition) is 2. The molecule has 0 saturated carbocycles. The van der Waals surface area contributed by atoms with Crippen molar-refractivity contribution in [2.24, 2.45) is 0 Å². The van der Waals surface area contributed by atoms with E-state index in [2.05, 4.69) is 35.1 Å². The Morgan fingerprint density at radius 2 is 1.85 bits per heavy atom. The Hall–Kier alpha value is -1.39. The van der Waals surface area contributed by atoms with Crippen molar-refractivity contribution in [2.75, 3.05) is 0 Å². The number of nitrogens with one attached hydrogen (secondary N) is 1. The second-order valence-corrected chi connectivity index (χ2v) is 5.74. The monoisotopic (exact) mass is 337 g/mol. The molecule has 2 aromatic rings. The first kappa shape index (κ1) is 15.0. The van der Waals surface area contributed by atoms with E-state index >= 15 is 0 Å². The number of rotatable bonds is 5. The van der Waals surface area contributed by atoms with E-state index in [0.717, 1.165) is 10.0 Å². The summed E-state index contributed by atoms with van der Waals surface area (Å²) in [6.07, 6.45) is 0. The van der Waals surface area contributed by atoms with Crippen LogP contribution in [0.2, 0.25) is 0 Å². The average Bonchev–Trinajstić information content (AvgIpc) is 2.41. The van der Waals surface area contributed by atoms with Crippen LogP contribution in [0.3, 0.4) is 0 Å². The summed E-state index contributed by atoms with van der Waals surface area (Å²) < 4.78 is 20.6. The molecule has 0 aromatic heterocycles. The minimum absolute atomic E-state index is 0.281. The van der Waals surface area contributed by atoms with Crippen molar-refractivity contribution in [3.8, 4) is 11.5 Å². The second-order valence-electron chi connectivity index (χ2n) is 4.82. The summed E-state index contributed by atoms with van der Waals surface area (Å²) >= 11 is 3.36. The normalized spacial score (nSPS) is 10.8. The lowest BCUT2D eigenvalue weighted by Gasteiger charge is -2.14. The third kappa shape index (κ3) is 4.05. The van der Waals surface area contributed by atoms with Gasteiger partial charge >= 0.3 is 0 Å². The fraction of sp³-hybridized carbons (Fsp3) is 0.250. The minimum Gasteiger partial charge on any atom is -0.454 e. The van der Waals surface area contributed by atoms with Gasteiger partial charge in [-0.15, -0.1) is 0 Å². The van der Waals surface area contributed by atoms with Crippen LogP contribution >= 0.6 is 15.9 Å². The Labute approximate surface area is 127 Å². The quantitative estimate of drug-likeness (QED) is 0.839. The molecule has 2 nitrogen and oxygen atoms in total. The van der Waals surface area contributed by atoms with Crippen LogP contribution in [-0.4, -0.2) is 6.04 Å². The number of ether oxygens (including phenoxy) is 1. The van der Waals surface area contributed by atoms with Gasteiger partial charge in [-0.25, -0.2) is 4.39 Å². The van der Waals surface area contributed by atoms with Gasteiger partial charge in [-0.2, -0.15) is 0 Å². The average molecular weight is 338 g/mol. The lowest BCUT2D eigenvalue weighted by Crippen LogP contribution is -2.22. The Morgan fingerprint density at radius 3 is 2.50 bits per heavy atom. The van der Waals surface area contributed by atoms with Gasteiger partial charge in [-0.05, 0) is 30.3 Å². The topological polar surface area (TPSA) is 21.3 Å². The van der Waals surface area contributed by atoms with Gasteiger partial charge in [-0.3, -0.25) is 0 Å². The SMILES string of the molecule is CC(C)NCc1cccc(F)c1Oc1ccc(Br)cc1.